The number of fused-ring (bicyclic) bond motifs is 1. The summed E-state index contributed by atoms with van der Waals surface area (Å²) in [6, 6.07) is 10.0. The lowest BCUT2D eigenvalue weighted by Gasteiger charge is -2.08. The van der Waals surface area contributed by atoms with Gasteiger partial charge in [0, 0.05) is 11.9 Å². The summed E-state index contributed by atoms with van der Waals surface area (Å²) in [6.45, 7) is 4.51. The second-order valence-electron chi connectivity index (χ2n) is 5.64. The minimum atomic E-state index is -0.414. The average molecular weight is 341 g/mol. The van der Waals surface area contributed by atoms with Crippen molar-refractivity contribution in [1.82, 2.24) is 9.38 Å². The van der Waals surface area contributed by atoms with E-state index in [1.54, 1.807) is 30.3 Å². The van der Waals surface area contributed by atoms with Crippen LogP contribution in [0.1, 0.15) is 36.5 Å². The normalized spacial score (nSPS) is 10.8. The number of rotatable bonds is 6. The molecule has 3 aromatic rings. The Labute approximate surface area is 145 Å². The average Bonchev–Trinajstić information content (AvgIpc) is 2.94. The van der Waals surface area contributed by atoms with Crippen molar-refractivity contribution >= 4 is 17.2 Å². The van der Waals surface area contributed by atoms with Crippen LogP contribution in [0.15, 0.2) is 42.6 Å². The SMILES string of the molecule is CCCc1nc2ccc(F)cn2c1C(=O)Nc1ccc(OCC)cc1. The molecule has 0 bridgehead atoms. The standard InChI is InChI=1S/C19H20FN3O2/c1-3-5-16-18(23-12-13(20)6-11-17(23)22-16)19(24)21-14-7-9-15(10-8-14)25-4-2/h6-12H,3-5H2,1-2H3,(H,21,24). The molecule has 0 fully saturated rings. The Bertz CT molecular complexity index is 888. The lowest BCUT2D eigenvalue weighted by molar-refractivity contribution is 0.102. The number of imidazole rings is 1. The molecule has 0 aliphatic rings. The topological polar surface area (TPSA) is 55.6 Å². The second kappa shape index (κ2) is 7.34. The number of aromatic nitrogens is 2. The lowest BCUT2D eigenvalue weighted by atomic mass is 10.2. The fourth-order valence-corrected chi connectivity index (χ4v) is 2.71. The first-order valence-corrected chi connectivity index (χ1v) is 8.33. The molecule has 0 radical (unpaired) electrons. The second-order valence-corrected chi connectivity index (χ2v) is 5.64. The van der Waals surface area contributed by atoms with Gasteiger partial charge in [-0.15, -0.1) is 0 Å². The number of carbonyl (C=O) groups excluding carboxylic acids is 1. The van der Waals surface area contributed by atoms with Gasteiger partial charge in [-0.1, -0.05) is 13.3 Å². The summed E-state index contributed by atoms with van der Waals surface area (Å²) < 4.78 is 20.5. The molecule has 1 N–H and O–H groups in total. The maximum absolute atomic E-state index is 13.6. The Kier molecular flexibility index (Phi) is 4.97. The lowest BCUT2D eigenvalue weighted by Crippen LogP contribution is -2.16. The van der Waals surface area contributed by atoms with Crippen LogP contribution >= 0.6 is 0 Å². The van der Waals surface area contributed by atoms with Crippen LogP contribution in [0.3, 0.4) is 0 Å². The summed E-state index contributed by atoms with van der Waals surface area (Å²) in [5.74, 6) is 0.0119. The molecular weight excluding hydrogens is 321 g/mol. The predicted octanol–water partition coefficient (Wildman–Crippen LogP) is 4.08. The molecule has 0 unspecified atom stereocenters. The number of ether oxygens (including phenoxy) is 1. The van der Waals surface area contributed by atoms with Gasteiger partial charge in [0.05, 0.1) is 12.3 Å². The molecule has 0 aliphatic heterocycles. The molecule has 0 saturated heterocycles. The Morgan fingerprint density at radius 2 is 1.96 bits per heavy atom. The van der Waals surface area contributed by atoms with Crippen molar-refractivity contribution in [2.75, 3.05) is 11.9 Å². The van der Waals surface area contributed by atoms with Crippen molar-refractivity contribution in [1.29, 1.82) is 0 Å². The zero-order chi connectivity index (χ0) is 17.8. The summed E-state index contributed by atoms with van der Waals surface area (Å²) in [5, 5.41) is 2.85. The number of anilines is 1. The van der Waals surface area contributed by atoms with E-state index in [0.717, 1.165) is 12.2 Å². The van der Waals surface area contributed by atoms with Crippen LogP contribution in [-0.4, -0.2) is 21.9 Å². The third-order valence-corrected chi connectivity index (χ3v) is 3.78. The maximum Gasteiger partial charge on any atom is 0.274 e. The van der Waals surface area contributed by atoms with E-state index in [1.807, 2.05) is 13.8 Å². The van der Waals surface area contributed by atoms with Gasteiger partial charge in [-0.25, -0.2) is 9.37 Å². The first-order chi connectivity index (χ1) is 12.1. The van der Waals surface area contributed by atoms with Gasteiger partial charge in [-0.05, 0) is 49.7 Å². The van der Waals surface area contributed by atoms with Gasteiger partial charge in [0.25, 0.3) is 5.91 Å². The monoisotopic (exact) mass is 341 g/mol. The zero-order valence-corrected chi connectivity index (χ0v) is 14.3. The number of hydrogen-bond acceptors (Lipinski definition) is 3. The minimum Gasteiger partial charge on any atom is -0.494 e. The molecular formula is C19H20FN3O2. The number of halogens is 1. The van der Waals surface area contributed by atoms with Crippen molar-refractivity contribution in [3.05, 3.63) is 59.8 Å². The molecule has 130 valence electrons. The molecule has 1 amide bonds. The molecule has 0 saturated carbocycles. The van der Waals surface area contributed by atoms with E-state index in [9.17, 15) is 9.18 Å². The third kappa shape index (κ3) is 3.63. The zero-order valence-electron chi connectivity index (χ0n) is 14.3. The molecule has 5 nitrogen and oxygen atoms in total. The summed E-state index contributed by atoms with van der Waals surface area (Å²) >= 11 is 0. The number of amides is 1. The van der Waals surface area contributed by atoms with Crippen molar-refractivity contribution in [3.63, 3.8) is 0 Å². The van der Waals surface area contributed by atoms with E-state index < -0.39 is 5.82 Å². The van der Waals surface area contributed by atoms with Crippen LogP contribution < -0.4 is 10.1 Å². The highest BCUT2D eigenvalue weighted by Crippen LogP contribution is 2.19. The molecule has 0 atom stereocenters. The molecule has 1 aromatic carbocycles. The van der Waals surface area contributed by atoms with E-state index >= 15 is 0 Å². The quantitative estimate of drug-likeness (QED) is 0.735. The first kappa shape index (κ1) is 17.0. The van der Waals surface area contributed by atoms with Crippen molar-refractivity contribution in [2.24, 2.45) is 0 Å². The molecule has 0 aliphatic carbocycles. The minimum absolute atomic E-state index is 0.314. The van der Waals surface area contributed by atoms with Crippen LogP contribution in [0.2, 0.25) is 0 Å². The Balaban J connectivity index is 1.92. The van der Waals surface area contributed by atoms with Gasteiger partial charge in [-0.2, -0.15) is 0 Å². The summed E-state index contributed by atoms with van der Waals surface area (Å²) in [6.07, 6.45) is 2.78. The molecule has 2 aromatic heterocycles. The number of nitrogens with one attached hydrogen (secondary N) is 1. The van der Waals surface area contributed by atoms with Gasteiger partial charge >= 0.3 is 0 Å². The molecule has 25 heavy (non-hydrogen) atoms. The van der Waals surface area contributed by atoms with Crippen molar-refractivity contribution in [2.45, 2.75) is 26.7 Å². The largest absolute Gasteiger partial charge is 0.494 e. The van der Waals surface area contributed by atoms with Crippen LogP contribution in [0.25, 0.3) is 5.65 Å². The van der Waals surface area contributed by atoms with Gasteiger partial charge in [0.1, 0.15) is 22.9 Å². The van der Waals surface area contributed by atoms with E-state index in [-0.39, 0.29) is 5.91 Å². The summed E-state index contributed by atoms with van der Waals surface area (Å²) in [5.41, 5.74) is 2.23. The van der Waals surface area contributed by atoms with Gasteiger partial charge in [0.2, 0.25) is 0 Å². The number of carbonyl (C=O) groups is 1. The van der Waals surface area contributed by atoms with Crippen molar-refractivity contribution < 1.29 is 13.9 Å². The first-order valence-electron chi connectivity index (χ1n) is 8.33. The molecule has 2 heterocycles. The van der Waals surface area contributed by atoms with Gasteiger partial charge in [-0.3, -0.25) is 9.20 Å². The third-order valence-electron chi connectivity index (χ3n) is 3.78. The fourth-order valence-electron chi connectivity index (χ4n) is 2.71. The van der Waals surface area contributed by atoms with Crippen LogP contribution in [0.4, 0.5) is 10.1 Å². The smallest absolute Gasteiger partial charge is 0.274 e. The van der Waals surface area contributed by atoms with Crippen molar-refractivity contribution in [3.8, 4) is 5.75 Å². The van der Waals surface area contributed by atoms with E-state index in [4.69, 9.17) is 4.74 Å². The van der Waals surface area contributed by atoms with Crippen LogP contribution in [-0.2, 0) is 6.42 Å². The number of hydrogen-bond donors (Lipinski definition) is 1. The Hall–Kier alpha value is -2.89. The number of aryl methyl sites for hydroxylation is 1. The molecule has 3 rings (SSSR count). The van der Waals surface area contributed by atoms with E-state index in [2.05, 4.69) is 10.3 Å². The Morgan fingerprint density at radius 3 is 2.64 bits per heavy atom. The van der Waals surface area contributed by atoms with Gasteiger partial charge < -0.3 is 10.1 Å². The number of nitrogens with zero attached hydrogens (tertiary/aromatic N) is 2. The van der Waals surface area contributed by atoms with E-state index in [0.29, 0.717) is 35.8 Å². The molecule has 0 spiro atoms. The summed E-state index contributed by atoms with van der Waals surface area (Å²) in [7, 11) is 0. The number of benzene rings is 1. The maximum atomic E-state index is 13.6. The predicted molar refractivity (Wildman–Crippen MR) is 94.7 cm³/mol. The highest BCUT2D eigenvalue weighted by atomic mass is 19.1. The fraction of sp³-hybridized carbons (Fsp3) is 0.263. The van der Waals surface area contributed by atoms with Gasteiger partial charge in [0.15, 0.2) is 0 Å². The summed E-state index contributed by atoms with van der Waals surface area (Å²) in [4.78, 5) is 17.2. The highest BCUT2D eigenvalue weighted by molar-refractivity contribution is 6.04. The highest BCUT2D eigenvalue weighted by Gasteiger charge is 2.19. The number of pyridine rings is 1. The van der Waals surface area contributed by atoms with E-state index in [1.165, 1.54) is 16.7 Å². The van der Waals surface area contributed by atoms with Crippen LogP contribution in [0, 0.1) is 5.82 Å². The Morgan fingerprint density at radius 1 is 1.20 bits per heavy atom. The molecule has 6 heteroatoms. The van der Waals surface area contributed by atoms with Crippen LogP contribution in [0.5, 0.6) is 5.75 Å².